The van der Waals surface area contributed by atoms with Crippen molar-refractivity contribution < 1.29 is 0 Å². The smallest absolute Gasteiger partial charge is 0.156 e. The van der Waals surface area contributed by atoms with Gasteiger partial charge in [0.15, 0.2) is 5.65 Å². The quantitative estimate of drug-likeness (QED) is 0.165. The molecule has 264 valence electrons. The van der Waals surface area contributed by atoms with Gasteiger partial charge >= 0.3 is 0 Å². The number of benzene rings is 9. The molecule has 0 bridgehead atoms. The molecule has 0 unspecified atom stereocenters. The molecule has 4 heteroatoms. The lowest BCUT2D eigenvalue weighted by molar-refractivity contribution is 1.18. The molecule has 0 atom stereocenters. The van der Waals surface area contributed by atoms with E-state index < -0.39 is 0 Å². The van der Waals surface area contributed by atoms with E-state index in [1.54, 1.807) is 0 Å². The minimum absolute atomic E-state index is 1.01. The number of para-hydroxylation sites is 2. The lowest BCUT2D eigenvalue weighted by Gasteiger charge is -2.11. The van der Waals surface area contributed by atoms with Gasteiger partial charge in [-0.2, -0.15) is 0 Å². The lowest BCUT2D eigenvalue weighted by Crippen LogP contribution is -1.94. The van der Waals surface area contributed by atoms with E-state index in [2.05, 4.69) is 197 Å². The summed E-state index contributed by atoms with van der Waals surface area (Å²) in [5.41, 5.74) is 11.4. The second-order valence-electron chi connectivity index (χ2n) is 15.2. The molecule has 9 aromatic carbocycles. The van der Waals surface area contributed by atoms with E-state index in [1.165, 1.54) is 85.4 Å². The van der Waals surface area contributed by atoms with Crippen molar-refractivity contribution in [2.45, 2.75) is 0 Å². The van der Waals surface area contributed by atoms with Gasteiger partial charge in [0.05, 0.1) is 32.5 Å². The molecule has 4 aromatic heterocycles. The van der Waals surface area contributed by atoms with Gasteiger partial charge in [0, 0.05) is 31.9 Å². The predicted octanol–water partition coefficient (Wildman–Crippen LogP) is 14.7. The van der Waals surface area contributed by atoms with Crippen molar-refractivity contribution >= 4 is 102 Å². The first-order valence-electron chi connectivity index (χ1n) is 19.4. The van der Waals surface area contributed by atoms with Crippen LogP contribution in [0.15, 0.2) is 188 Å². The Morgan fingerprint density at radius 3 is 1.60 bits per heavy atom. The average Bonchev–Trinajstić information content (AvgIpc) is 3.93. The van der Waals surface area contributed by atoms with Crippen molar-refractivity contribution in [3.8, 4) is 28.1 Å². The number of hydrogen-bond donors (Lipinski definition) is 0. The van der Waals surface area contributed by atoms with Crippen molar-refractivity contribution in [1.29, 1.82) is 0 Å². The van der Waals surface area contributed by atoms with Crippen LogP contribution < -0.4 is 0 Å². The summed E-state index contributed by atoms with van der Waals surface area (Å²) in [6.07, 6.45) is 0. The third kappa shape index (κ3) is 4.56. The Kier molecular flexibility index (Phi) is 6.32. The van der Waals surface area contributed by atoms with Gasteiger partial charge in [0.1, 0.15) is 0 Å². The second-order valence-corrected chi connectivity index (χ2v) is 16.3. The number of fused-ring (bicyclic) bond motifs is 13. The predicted molar refractivity (Wildman–Crippen MR) is 243 cm³/mol. The molecule has 4 heterocycles. The number of imidazole rings is 1. The van der Waals surface area contributed by atoms with Crippen LogP contribution in [0.25, 0.3) is 119 Å². The van der Waals surface area contributed by atoms with Gasteiger partial charge in [0.2, 0.25) is 0 Å². The minimum Gasteiger partial charge on any atom is -0.309 e. The van der Waals surface area contributed by atoms with Crippen molar-refractivity contribution in [3.63, 3.8) is 0 Å². The van der Waals surface area contributed by atoms with Crippen LogP contribution in [0, 0.1) is 0 Å². The molecular weight excluding hydrogens is 711 g/mol. The highest BCUT2D eigenvalue weighted by atomic mass is 32.1. The molecule has 0 fully saturated rings. The summed E-state index contributed by atoms with van der Waals surface area (Å²) >= 11 is 1.85. The molecule has 3 nitrogen and oxygen atoms in total. The van der Waals surface area contributed by atoms with Crippen LogP contribution in [0.1, 0.15) is 0 Å². The van der Waals surface area contributed by atoms with Crippen molar-refractivity contribution in [2.75, 3.05) is 0 Å². The van der Waals surface area contributed by atoms with Gasteiger partial charge in [-0.15, -0.1) is 11.3 Å². The summed E-state index contributed by atoms with van der Waals surface area (Å²) in [5, 5.41) is 12.5. The first-order valence-corrected chi connectivity index (χ1v) is 20.3. The molecule has 0 aliphatic carbocycles. The fraction of sp³-hybridized carbons (Fsp3) is 0. The molecule has 0 radical (unpaired) electrons. The molecule has 0 aliphatic heterocycles. The summed E-state index contributed by atoms with van der Waals surface area (Å²) < 4.78 is 7.27. The first kappa shape index (κ1) is 31.0. The summed E-state index contributed by atoms with van der Waals surface area (Å²) in [6, 6.07) is 69.0. The lowest BCUT2D eigenvalue weighted by atomic mass is 10.0. The summed E-state index contributed by atoms with van der Waals surface area (Å²) in [7, 11) is 0. The highest BCUT2D eigenvalue weighted by Crippen LogP contribution is 2.43. The second kappa shape index (κ2) is 11.6. The van der Waals surface area contributed by atoms with Gasteiger partial charge in [-0.25, -0.2) is 4.98 Å². The molecule has 13 aromatic rings. The van der Waals surface area contributed by atoms with Crippen LogP contribution in [-0.4, -0.2) is 14.0 Å². The first-order chi connectivity index (χ1) is 28.2. The maximum absolute atomic E-state index is 5.43. The number of pyridine rings is 1. The van der Waals surface area contributed by atoms with Gasteiger partial charge in [-0.05, 0) is 116 Å². The molecule has 0 aliphatic rings. The molecule has 0 amide bonds. The molecule has 57 heavy (non-hydrogen) atoms. The van der Waals surface area contributed by atoms with E-state index in [0.717, 1.165) is 33.6 Å². The SMILES string of the molecule is c1ccc2cc3cc4c(cc3cc2c1)nc1c2sc3cc5ccccc5cc3c2cc(-c2ccc(-c3ccc(-n5c6ccccc6c6ccccc65)cc3)cc2)n41. The zero-order valence-corrected chi connectivity index (χ0v) is 31.5. The van der Waals surface area contributed by atoms with E-state index >= 15 is 0 Å². The highest BCUT2D eigenvalue weighted by Gasteiger charge is 2.19. The highest BCUT2D eigenvalue weighted by molar-refractivity contribution is 7.26. The molecule has 0 N–H and O–H groups in total. The Bertz CT molecular complexity index is 3720. The zero-order chi connectivity index (χ0) is 37.2. The Balaban J connectivity index is 0.987. The number of nitrogens with zero attached hydrogens (tertiary/aromatic N) is 3. The van der Waals surface area contributed by atoms with Gasteiger partial charge in [-0.1, -0.05) is 121 Å². The van der Waals surface area contributed by atoms with E-state index in [0.29, 0.717) is 0 Å². The Morgan fingerprint density at radius 2 is 0.930 bits per heavy atom. The Labute approximate surface area is 330 Å². The van der Waals surface area contributed by atoms with Crippen LogP contribution in [0.2, 0.25) is 0 Å². The third-order valence-corrected chi connectivity index (χ3v) is 13.2. The van der Waals surface area contributed by atoms with Crippen LogP contribution in [0.3, 0.4) is 0 Å². The topological polar surface area (TPSA) is 22.2 Å². The number of rotatable bonds is 3. The molecule has 0 saturated heterocycles. The standard InChI is InChI=1S/C53H31N3S/c1-2-10-36-26-40-29-50-46(28-39(40)25-35(36)9-1)54-53-52-45(44-27-37-11-3-4-12-38(37)30-51(44)57-52)31-49(56(50)53)34-19-17-32(18-20-34)33-21-23-41(24-22-33)55-47-15-7-5-13-42(47)43-14-6-8-16-48(43)55/h1-31H. The molecule has 0 spiro atoms. The summed E-state index contributed by atoms with van der Waals surface area (Å²) in [6.45, 7) is 0. The minimum atomic E-state index is 1.01. The monoisotopic (exact) mass is 741 g/mol. The number of hydrogen-bond acceptors (Lipinski definition) is 2. The maximum atomic E-state index is 5.43. The number of aromatic nitrogens is 3. The van der Waals surface area contributed by atoms with E-state index in [9.17, 15) is 0 Å². The average molecular weight is 742 g/mol. The van der Waals surface area contributed by atoms with Crippen LogP contribution in [-0.2, 0) is 0 Å². The van der Waals surface area contributed by atoms with Gasteiger partial charge in [-0.3, -0.25) is 4.40 Å². The van der Waals surface area contributed by atoms with Gasteiger partial charge < -0.3 is 4.57 Å². The van der Waals surface area contributed by atoms with Crippen LogP contribution in [0.5, 0.6) is 0 Å². The van der Waals surface area contributed by atoms with Crippen molar-refractivity contribution in [3.05, 3.63) is 188 Å². The molecule has 13 rings (SSSR count). The summed E-state index contributed by atoms with van der Waals surface area (Å²) in [4.78, 5) is 5.43. The van der Waals surface area contributed by atoms with Crippen molar-refractivity contribution in [1.82, 2.24) is 14.0 Å². The Morgan fingerprint density at radius 1 is 0.386 bits per heavy atom. The normalized spacial score (nSPS) is 12.2. The third-order valence-electron chi connectivity index (χ3n) is 12.0. The van der Waals surface area contributed by atoms with Gasteiger partial charge in [0.25, 0.3) is 0 Å². The van der Waals surface area contributed by atoms with Crippen molar-refractivity contribution in [2.24, 2.45) is 0 Å². The maximum Gasteiger partial charge on any atom is 0.156 e. The van der Waals surface area contributed by atoms with Crippen LogP contribution in [0.4, 0.5) is 0 Å². The fourth-order valence-electron chi connectivity index (χ4n) is 9.27. The Hall–Kier alpha value is -7.27. The molecular formula is C53H31N3S. The van der Waals surface area contributed by atoms with E-state index in [4.69, 9.17) is 4.98 Å². The van der Waals surface area contributed by atoms with E-state index in [-0.39, 0.29) is 0 Å². The zero-order valence-electron chi connectivity index (χ0n) is 30.6. The summed E-state index contributed by atoms with van der Waals surface area (Å²) in [5.74, 6) is 0. The number of thiophene rings is 1. The largest absolute Gasteiger partial charge is 0.309 e. The van der Waals surface area contributed by atoms with Crippen LogP contribution >= 0.6 is 11.3 Å². The molecule has 0 saturated carbocycles. The fourth-order valence-corrected chi connectivity index (χ4v) is 10.5. The van der Waals surface area contributed by atoms with E-state index in [1.807, 2.05) is 11.3 Å².